The van der Waals surface area contributed by atoms with Crippen LogP contribution >= 0.6 is 0 Å². The van der Waals surface area contributed by atoms with E-state index in [-0.39, 0.29) is 11.6 Å². The Morgan fingerprint density at radius 2 is 1.89 bits per heavy atom. The minimum Gasteiger partial charge on any atom is -0.393 e. The fraction of sp³-hybridized carbons (Fsp3) is 0.625. The van der Waals surface area contributed by atoms with Crippen molar-refractivity contribution in [2.45, 2.75) is 50.3 Å². The van der Waals surface area contributed by atoms with Crippen LogP contribution in [-0.2, 0) is 6.54 Å². The van der Waals surface area contributed by atoms with Gasteiger partial charge in [-0.05, 0) is 50.6 Å². The highest BCUT2D eigenvalue weighted by Crippen LogP contribution is 2.47. The lowest BCUT2D eigenvalue weighted by molar-refractivity contribution is -0.0765. The van der Waals surface area contributed by atoms with E-state index in [0.717, 1.165) is 13.0 Å². The molecule has 3 aliphatic carbocycles. The number of aliphatic hydroxyl groups excluding tert-OH is 1. The lowest BCUT2D eigenvalue weighted by atomic mass is 9.63. The standard InChI is InChI=1S/C16H23NO/c1-17(12-13-5-3-2-4-6-13)16-9-7-14(8-10-16)15(18)11-16/h2-6,14-15,18H,7-12H2,1H3. The molecule has 2 bridgehead atoms. The Morgan fingerprint density at radius 3 is 2.50 bits per heavy atom. The monoisotopic (exact) mass is 245 g/mol. The van der Waals surface area contributed by atoms with Gasteiger partial charge in [0.05, 0.1) is 6.10 Å². The summed E-state index contributed by atoms with van der Waals surface area (Å²) < 4.78 is 0. The Balaban J connectivity index is 1.73. The summed E-state index contributed by atoms with van der Waals surface area (Å²) in [6.45, 7) is 0.998. The van der Waals surface area contributed by atoms with Crippen molar-refractivity contribution >= 4 is 0 Å². The Kier molecular flexibility index (Phi) is 3.16. The van der Waals surface area contributed by atoms with Crippen molar-refractivity contribution in [2.24, 2.45) is 5.92 Å². The van der Waals surface area contributed by atoms with E-state index in [1.54, 1.807) is 0 Å². The maximum atomic E-state index is 10.2. The highest BCUT2D eigenvalue weighted by Gasteiger charge is 2.47. The van der Waals surface area contributed by atoms with E-state index in [1.165, 1.54) is 31.2 Å². The second-order valence-electron chi connectivity index (χ2n) is 6.17. The van der Waals surface area contributed by atoms with E-state index >= 15 is 0 Å². The lowest BCUT2D eigenvalue weighted by Gasteiger charge is -2.53. The Morgan fingerprint density at radius 1 is 1.22 bits per heavy atom. The highest BCUT2D eigenvalue weighted by molar-refractivity contribution is 5.15. The summed E-state index contributed by atoms with van der Waals surface area (Å²) in [4.78, 5) is 2.49. The summed E-state index contributed by atoms with van der Waals surface area (Å²) in [6.07, 6.45) is 5.85. The highest BCUT2D eigenvalue weighted by atomic mass is 16.3. The van der Waals surface area contributed by atoms with Gasteiger partial charge in [-0.1, -0.05) is 30.3 Å². The molecule has 1 N–H and O–H groups in total. The van der Waals surface area contributed by atoms with Gasteiger partial charge in [-0.25, -0.2) is 0 Å². The van der Waals surface area contributed by atoms with Crippen LogP contribution in [0.4, 0.5) is 0 Å². The molecule has 1 aromatic carbocycles. The van der Waals surface area contributed by atoms with E-state index < -0.39 is 0 Å². The fourth-order valence-corrected chi connectivity index (χ4v) is 3.88. The summed E-state index contributed by atoms with van der Waals surface area (Å²) in [5.41, 5.74) is 1.63. The van der Waals surface area contributed by atoms with Crippen molar-refractivity contribution in [1.82, 2.24) is 4.90 Å². The van der Waals surface area contributed by atoms with Gasteiger partial charge >= 0.3 is 0 Å². The van der Waals surface area contributed by atoms with Crippen molar-refractivity contribution in [3.63, 3.8) is 0 Å². The molecule has 3 fully saturated rings. The number of aliphatic hydroxyl groups is 1. The SMILES string of the molecule is CN(Cc1ccccc1)C12CCC(CC1)C(O)C2. The molecule has 0 aromatic heterocycles. The molecule has 4 rings (SSSR count). The Labute approximate surface area is 110 Å². The third kappa shape index (κ3) is 2.08. The molecule has 0 aliphatic heterocycles. The van der Waals surface area contributed by atoms with E-state index in [4.69, 9.17) is 0 Å². The van der Waals surface area contributed by atoms with E-state index in [1.807, 2.05) is 0 Å². The molecule has 3 saturated carbocycles. The van der Waals surface area contributed by atoms with Crippen molar-refractivity contribution < 1.29 is 5.11 Å². The van der Waals surface area contributed by atoms with Crippen molar-refractivity contribution in [3.8, 4) is 0 Å². The van der Waals surface area contributed by atoms with Gasteiger partial charge < -0.3 is 5.11 Å². The third-order valence-corrected chi connectivity index (χ3v) is 5.17. The van der Waals surface area contributed by atoms with Crippen LogP contribution in [0.25, 0.3) is 0 Å². The zero-order chi connectivity index (χ0) is 12.6. The lowest BCUT2D eigenvalue weighted by Crippen LogP contribution is -2.56. The van der Waals surface area contributed by atoms with Gasteiger partial charge in [0.15, 0.2) is 0 Å². The zero-order valence-corrected chi connectivity index (χ0v) is 11.2. The molecule has 18 heavy (non-hydrogen) atoms. The van der Waals surface area contributed by atoms with E-state index in [2.05, 4.69) is 42.3 Å². The van der Waals surface area contributed by atoms with Crippen LogP contribution in [0.2, 0.25) is 0 Å². The number of hydrogen-bond acceptors (Lipinski definition) is 2. The number of fused-ring (bicyclic) bond motifs is 3. The number of hydrogen-bond donors (Lipinski definition) is 1. The first-order chi connectivity index (χ1) is 8.70. The molecule has 0 amide bonds. The minimum atomic E-state index is -0.0641. The van der Waals surface area contributed by atoms with Gasteiger partial charge in [-0.15, -0.1) is 0 Å². The predicted octanol–water partition coefficient (Wildman–Crippen LogP) is 2.81. The zero-order valence-electron chi connectivity index (χ0n) is 11.2. The second kappa shape index (κ2) is 4.67. The molecular weight excluding hydrogens is 222 g/mol. The molecule has 0 radical (unpaired) electrons. The molecule has 2 heteroatoms. The molecule has 1 atom stereocenters. The van der Waals surface area contributed by atoms with Gasteiger partial charge in [0, 0.05) is 12.1 Å². The maximum Gasteiger partial charge on any atom is 0.0586 e. The van der Waals surface area contributed by atoms with Crippen LogP contribution in [0, 0.1) is 5.92 Å². The number of benzene rings is 1. The molecule has 2 nitrogen and oxygen atoms in total. The smallest absolute Gasteiger partial charge is 0.0586 e. The molecular formula is C16H23NO. The summed E-state index contributed by atoms with van der Waals surface area (Å²) in [5, 5.41) is 10.2. The van der Waals surface area contributed by atoms with Crippen LogP contribution in [0.15, 0.2) is 30.3 Å². The van der Waals surface area contributed by atoms with E-state index in [0.29, 0.717) is 5.92 Å². The molecule has 1 unspecified atom stereocenters. The summed E-state index contributed by atoms with van der Waals surface area (Å²) in [6, 6.07) is 10.7. The Bertz CT molecular complexity index is 395. The molecule has 1 aromatic rings. The molecule has 0 spiro atoms. The van der Waals surface area contributed by atoms with Gasteiger partial charge in [-0.3, -0.25) is 4.90 Å². The number of nitrogens with zero attached hydrogens (tertiary/aromatic N) is 1. The average Bonchev–Trinajstić information content (AvgIpc) is 2.41. The van der Waals surface area contributed by atoms with Crippen LogP contribution in [-0.4, -0.2) is 28.7 Å². The molecule has 98 valence electrons. The quantitative estimate of drug-likeness (QED) is 0.885. The second-order valence-corrected chi connectivity index (χ2v) is 6.17. The first-order valence-electron chi connectivity index (χ1n) is 7.13. The summed E-state index contributed by atoms with van der Waals surface area (Å²) in [7, 11) is 2.23. The Hall–Kier alpha value is -0.860. The predicted molar refractivity (Wildman–Crippen MR) is 73.2 cm³/mol. The minimum absolute atomic E-state index is 0.0641. The van der Waals surface area contributed by atoms with E-state index in [9.17, 15) is 5.11 Å². The van der Waals surface area contributed by atoms with Gasteiger partial charge in [0.2, 0.25) is 0 Å². The van der Waals surface area contributed by atoms with Crippen LogP contribution in [0.5, 0.6) is 0 Å². The van der Waals surface area contributed by atoms with Crippen molar-refractivity contribution in [2.75, 3.05) is 7.05 Å². The number of rotatable bonds is 3. The van der Waals surface area contributed by atoms with Gasteiger partial charge in [0.1, 0.15) is 0 Å². The summed E-state index contributed by atoms with van der Waals surface area (Å²) in [5.74, 6) is 0.581. The van der Waals surface area contributed by atoms with Crippen molar-refractivity contribution in [1.29, 1.82) is 0 Å². The largest absolute Gasteiger partial charge is 0.393 e. The van der Waals surface area contributed by atoms with Gasteiger partial charge in [0.25, 0.3) is 0 Å². The average molecular weight is 245 g/mol. The summed E-state index contributed by atoms with van der Waals surface area (Å²) >= 11 is 0. The fourth-order valence-electron chi connectivity index (χ4n) is 3.88. The van der Waals surface area contributed by atoms with Crippen LogP contribution in [0.3, 0.4) is 0 Å². The molecule has 0 saturated heterocycles. The van der Waals surface area contributed by atoms with Gasteiger partial charge in [-0.2, -0.15) is 0 Å². The molecule has 0 heterocycles. The van der Waals surface area contributed by atoms with Crippen molar-refractivity contribution in [3.05, 3.63) is 35.9 Å². The topological polar surface area (TPSA) is 23.5 Å². The molecule has 3 aliphatic rings. The van der Waals surface area contributed by atoms with Crippen LogP contribution in [0.1, 0.15) is 37.7 Å². The first-order valence-corrected chi connectivity index (χ1v) is 7.13. The first kappa shape index (κ1) is 12.2. The maximum absolute atomic E-state index is 10.2. The van der Waals surface area contributed by atoms with Crippen LogP contribution < -0.4 is 0 Å². The third-order valence-electron chi connectivity index (χ3n) is 5.17. The normalized spacial score (nSPS) is 35.1.